The highest BCUT2D eigenvalue weighted by Crippen LogP contribution is 2.13. The quantitative estimate of drug-likeness (QED) is 0.879. The van der Waals surface area contributed by atoms with Crippen LogP contribution in [-0.4, -0.2) is 59.6 Å². The summed E-state index contributed by atoms with van der Waals surface area (Å²) in [5.74, 6) is 1.15. The fourth-order valence-corrected chi connectivity index (χ4v) is 3.15. The monoisotopic (exact) mass is 364 g/mol. The summed E-state index contributed by atoms with van der Waals surface area (Å²) >= 11 is 0. The second kappa shape index (κ2) is 9.47. The van der Waals surface area contributed by atoms with Gasteiger partial charge in [-0.15, -0.1) is 24.8 Å². The van der Waals surface area contributed by atoms with Gasteiger partial charge in [-0.3, -0.25) is 9.69 Å². The minimum absolute atomic E-state index is 0. The van der Waals surface area contributed by atoms with Gasteiger partial charge in [0, 0.05) is 51.3 Å². The summed E-state index contributed by atoms with van der Waals surface area (Å²) in [6.45, 7) is 7.24. The fraction of sp³-hybridized carbons (Fsp3) is 0.733. The lowest BCUT2D eigenvalue weighted by Gasteiger charge is -2.34. The van der Waals surface area contributed by atoms with Gasteiger partial charge in [0.25, 0.3) is 0 Å². The van der Waals surface area contributed by atoms with Gasteiger partial charge in [0.05, 0.1) is 5.69 Å². The molecule has 23 heavy (non-hydrogen) atoms. The number of nitrogens with one attached hydrogen (secondary N) is 1. The molecular formula is C15H26Cl2N4O2. The first-order chi connectivity index (χ1) is 10.2. The number of halogens is 2. The maximum atomic E-state index is 12.3. The number of carbonyl (C=O) groups is 1. The Balaban J connectivity index is 0.00000132. The van der Waals surface area contributed by atoms with Crippen LogP contribution in [-0.2, 0) is 11.3 Å². The summed E-state index contributed by atoms with van der Waals surface area (Å²) in [5, 5.41) is 7.42. The van der Waals surface area contributed by atoms with Crippen LogP contribution >= 0.6 is 24.8 Å². The molecule has 6 nitrogen and oxygen atoms in total. The average Bonchev–Trinajstić information content (AvgIpc) is 3.12. The van der Waals surface area contributed by atoms with Crippen LogP contribution in [0.2, 0.25) is 0 Å². The van der Waals surface area contributed by atoms with E-state index in [-0.39, 0.29) is 24.8 Å². The van der Waals surface area contributed by atoms with E-state index in [1.54, 1.807) is 0 Å². The smallest absolute Gasteiger partial charge is 0.224 e. The highest BCUT2D eigenvalue weighted by atomic mass is 35.5. The van der Waals surface area contributed by atoms with Crippen molar-refractivity contribution in [2.75, 3.05) is 32.7 Å². The van der Waals surface area contributed by atoms with Crippen LogP contribution in [0.3, 0.4) is 0 Å². The summed E-state index contributed by atoms with van der Waals surface area (Å²) in [4.78, 5) is 16.6. The summed E-state index contributed by atoms with van der Waals surface area (Å²) in [6.07, 6.45) is 2.99. The number of carbonyl (C=O) groups excluding carboxylic acids is 1. The molecular weight excluding hydrogens is 339 g/mol. The molecule has 0 bridgehead atoms. The van der Waals surface area contributed by atoms with E-state index in [1.165, 1.54) is 6.42 Å². The standard InChI is InChI=1S/C15H24N4O2.2ClH/c1-12-9-14(17-21-12)11-18-5-7-19(8-6-18)15(20)10-13-3-2-4-16-13;;/h9,13,16H,2-8,10-11H2,1H3;2*1H. The van der Waals surface area contributed by atoms with Gasteiger partial charge in [-0.25, -0.2) is 0 Å². The van der Waals surface area contributed by atoms with E-state index >= 15 is 0 Å². The molecule has 3 heterocycles. The van der Waals surface area contributed by atoms with Gasteiger partial charge in [0.1, 0.15) is 5.76 Å². The van der Waals surface area contributed by atoms with Crippen LogP contribution < -0.4 is 5.32 Å². The SMILES string of the molecule is Cc1cc(CN2CCN(C(=O)CC3CCCN3)CC2)no1.Cl.Cl. The number of hydrogen-bond acceptors (Lipinski definition) is 5. The van der Waals surface area contributed by atoms with Crippen molar-refractivity contribution >= 4 is 30.7 Å². The minimum Gasteiger partial charge on any atom is -0.361 e. The molecule has 0 aromatic carbocycles. The largest absolute Gasteiger partial charge is 0.361 e. The first-order valence-corrected chi connectivity index (χ1v) is 7.86. The van der Waals surface area contributed by atoms with E-state index in [2.05, 4.69) is 15.4 Å². The summed E-state index contributed by atoms with van der Waals surface area (Å²) in [6, 6.07) is 2.37. The minimum atomic E-state index is 0. The van der Waals surface area contributed by atoms with Gasteiger partial charge in [-0.1, -0.05) is 5.16 Å². The van der Waals surface area contributed by atoms with Crippen molar-refractivity contribution in [1.29, 1.82) is 0 Å². The Morgan fingerprint density at radius 2 is 2.09 bits per heavy atom. The van der Waals surface area contributed by atoms with Gasteiger partial charge in [-0.05, 0) is 26.3 Å². The number of piperazine rings is 1. The van der Waals surface area contributed by atoms with Crippen molar-refractivity contribution in [3.05, 3.63) is 17.5 Å². The molecule has 2 saturated heterocycles. The molecule has 1 N–H and O–H groups in total. The Kier molecular flexibility index (Phi) is 8.33. The van der Waals surface area contributed by atoms with Crippen molar-refractivity contribution in [2.45, 2.75) is 38.8 Å². The lowest BCUT2D eigenvalue weighted by atomic mass is 10.1. The Hall–Kier alpha value is -0.820. The Morgan fingerprint density at radius 1 is 1.35 bits per heavy atom. The molecule has 2 aliphatic rings. The molecule has 2 fully saturated rings. The summed E-state index contributed by atoms with van der Waals surface area (Å²) in [5.41, 5.74) is 0.974. The van der Waals surface area contributed by atoms with E-state index in [4.69, 9.17) is 4.52 Å². The lowest BCUT2D eigenvalue weighted by Crippen LogP contribution is -2.49. The highest BCUT2D eigenvalue weighted by Gasteiger charge is 2.25. The van der Waals surface area contributed by atoms with E-state index in [0.29, 0.717) is 18.4 Å². The molecule has 132 valence electrons. The van der Waals surface area contributed by atoms with Crippen molar-refractivity contribution in [3.63, 3.8) is 0 Å². The molecule has 1 aromatic rings. The van der Waals surface area contributed by atoms with E-state index in [9.17, 15) is 4.79 Å². The van der Waals surface area contributed by atoms with Gasteiger partial charge in [-0.2, -0.15) is 0 Å². The normalized spacial score (nSPS) is 21.6. The number of hydrogen-bond donors (Lipinski definition) is 1. The third kappa shape index (κ3) is 5.64. The van der Waals surface area contributed by atoms with E-state index < -0.39 is 0 Å². The molecule has 1 amide bonds. The van der Waals surface area contributed by atoms with Crippen LogP contribution in [0, 0.1) is 6.92 Å². The van der Waals surface area contributed by atoms with Crippen LogP contribution in [0.4, 0.5) is 0 Å². The Labute approximate surface area is 149 Å². The molecule has 8 heteroatoms. The lowest BCUT2D eigenvalue weighted by molar-refractivity contribution is -0.133. The van der Waals surface area contributed by atoms with Crippen molar-refractivity contribution < 1.29 is 9.32 Å². The average molecular weight is 365 g/mol. The summed E-state index contributed by atoms with van der Waals surface area (Å²) < 4.78 is 5.09. The van der Waals surface area contributed by atoms with E-state index in [0.717, 1.165) is 57.1 Å². The van der Waals surface area contributed by atoms with Crippen LogP contribution in [0.25, 0.3) is 0 Å². The Morgan fingerprint density at radius 3 is 2.65 bits per heavy atom. The van der Waals surface area contributed by atoms with Gasteiger partial charge in [0.15, 0.2) is 0 Å². The number of aromatic nitrogens is 1. The third-order valence-corrected chi connectivity index (χ3v) is 4.37. The van der Waals surface area contributed by atoms with Crippen molar-refractivity contribution in [2.24, 2.45) is 0 Å². The first-order valence-electron chi connectivity index (χ1n) is 7.86. The zero-order valence-electron chi connectivity index (χ0n) is 13.5. The van der Waals surface area contributed by atoms with Crippen LogP contribution in [0.5, 0.6) is 0 Å². The molecule has 1 atom stereocenters. The molecule has 3 rings (SSSR count). The van der Waals surface area contributed by atoms with Crippen molar-refractivity contribution in [3.8, 4) is 0 Å². The zero-order chi connectivity index (χ0) is 14.7. The third-order valence-electron chi connectivity index (χ3n) is 4.37. The number of nitrogens with zero attached hydrogens (tertiary/aromatic N) is 3. The number of amides is 1. The maximum absolute atomic E-state index is 12.3. The molecule has 0 aliphatic carbocycles. The number of rotatable bonds is 4. The molecule has 0 radical (unpaired) electrons. The second-order valence-electron chi connectivity index (χ2n) is 6.08. The first kappa shape index (κ1) is 20.2. The predicted molar refractivity (Wildman–Crippen MR) is 93.2 cm³/mol. The Bertz CT molecular complexity index is 484. The second-order valence-corrected chi connectivity index (χ2v) is 6.08. The fourth-order valence-electron chi connectivity index (χ4n) is 3.15. The molecule has 0 spiro atoms. The number of aryl methyl sites for hydroxylation is 1. The molecule has 0 saturated carbocycles. The molecule has 1 aromatic heterocycles. The molecule has 2 aliphatic heterocycles. The zero-order valence-corrected chi connectivity index (χ0v) is 15.1. The van der Waals surface area contributed by atoms with Gasteiger partial charge in [0.2, 0.25) is 5.91 Å². The van der Waals surface area contributed by atoms with Gasteiger partial charge < -0.3 is 14.7 Å². The van der Waals surface area contributed by atoms with E-state index in [1.807, 2.05) is 17.9 Å². The van der Waals surface area contributed by atoms with Crippen molar-refractivity contribution in [1.82, 2.24) is 20.3 Å². The molecule has 1 unspecified atom stereocenters. The van der Waals surface area contributed by atoms with Crippen LogP contribution in [0.15, 0.2) is 10.6 Å². The van der Waals surface area contributed by atoms with Crippen LogP contribution in [0.1, 0.15) is 30.7 Å². The van der Waals surface area contributed by atoms with Gasteiger partial charge >= 0.3 is 0 Å². The summed E-state index contributed by atoms with van der Waals surface area (Å²) in [7, 11) is 0. The maximum Gasteiger partial charge on any atom is 0.224 e. The highest BCUT2D eigenvalue weighted by molar-refractivity contribution is 5.85. The topological polar surface area (TPSA) is 61.6 Å². The predicted octanol–water partition coefficient (Wildman–Crippen LogP) is 1.61.